The summed E-state index contributed by atoms with van der Waals surface area (Å²) in [5, 5.41) is 0. The minimum absolute atomic E-state index is 0.141. The molecule has 9 heteroatoms. The first-order valence-electron chi connectivity index (χ1n) is 9.74. The number of benzene rings is 2. The molecule has 0 atom stereocenters. The fraction of sp³-hybridized carbons (Fsp3) is 0.429. The molecule has 1 aliphatic rings. The van der Waals surface area contributed by atoms with Crippen molar-refractivity contribution in [3.8, 4) is 0 Å². The molecule has 1 nitrogen and oxygen atoms in total. The lowest BCUT2D eigenvalue weighted by atomic mass is 9.58. The van der Waals surface area contributed by atoms with Crippen LogP contribution in [0, 0.1) is 29.1 Å². The molecule has 0 aliphatic carbocycles. The van der Waals surface area contributed by atoms with Crippen LogP contribution in [-0.4, -0.2) is 16.1 Å². The maximum Gasteiger partial charge on any atom is 0.227 e. The zero-order valence-corrected chi connectivity index (χ0v) is 18.7. The Balaban J connectivity index is 2.29. The van der Waals surface area contributed by atoms with Crippen LogP contribution in [0.5, 0.6) is 0 Å². The molecule has 2 aromatic carbocycles. The highest BCUT2D eigenvalue weighted by Gasteiger charge is 2.48. The summed E-state index contributed by atoms with van der Waals surface area (Å²) in [6, 6.07) is 6.55. The Bertz CT molecular complexity index is 949. The number of quaternary nitrogens is 1. The van der Waals surface area contributed by atoms with E-state index in [-0.39, 0.29) is 16.5 Å². The van der Waals surface area contributed by atoms with E-state index in [0.29, 0.717) is 5.69 Å². The summed E-state index contributed by atoms with van der Waals surface area (Å²) in [5.41, 5.74) is -1.03. The van der Waals surface area contributed by atoms with Gasteiger partial charge in [-0.15, -0.1) is 5.46 Å². The molecule has 164 valence electrons. The lowest BCUT2D eigenvalue weighted by Gasteiger charge is -2.51. The lowest BCUT2D eigenvalue weighted by molar-refractivity contribution is -0.941. The van der Waals surface area contributed by atoms with Gasteiger partial charge in [-0.3, -0.25) is 4.90 Å². The summed E-state index contributed by atoms with van der Waals surface area (Å²) in [7, 11) is 0. The molecule has 30 heavy (non-hydrogen) atoms. The first-order chi connectivity index (χ1) is 13.7. The highest BCUT2D eigenvalue weighted by atomic mass is 35.5. The second kappa shape index (κ2) is 7.68. The molecule has 0 unspecified atom stereocenters. The van der Waals surface area contributed by atoms with E-state index in [1.54, 1.807) is 18.2 Å². The van der Waals surface area contributed by atoms with Gasteiger partial charge in [0.15, 0.2) is 17.5 Å². The van der Waals surface area contributed by atoms with Crippen LogP contribution < -0.4 is 15.8 Å². The summed E-state index contributed by atoms with van der Waals surface area (Å²) in [6.45, 7) is 8.26. The van der Waals surface area contributed by atoms with Gasteiger partial charge in [0, 0.05) is 12.8 Å². The first-order valence-corrected chi connectivity index (χ1v) is 10.6. The molecule has 0 amide bonds. The molecule has 3 rings (SSSR count). The third kappa shape index (κ3) is 3.63. The van der Waals surface area contributed by atoms with Gasteiger partial charge < -0.3 is 22.9 Å². The number of halogens is 7. The molecular weight excluding hydrogens is 443 g/mol. The summed E-state index contributed by atoms with van der Waals surface area (Å²) in [6.07, 6.45) is 2.77. The van der Waals surface area contributed by atoms with E-state index in [2.05, 4.69) is 27.7 Å². The summed E-state index contributed by atoms with van der Waals surface area (Å²) < 4.78 is 70.5. The van der Waals surface area contributed by atoms with Crippen molar-refractivity contribution >= 4 is 44.5 Å². The van der Waals surface area contributed by atoms with Gasteiger partial charge in [-0.1, -0.05) is 23.7 Å². The van der Waals surface area contributed by atoms with Gasteiger partial charge in [0.05, 0.1) is 16.8 Å². The van der Waals surface area contributed by atoms with Crippen LogP contribution in [0.15, 0.2) is 24.3 Å². The number of piperidine rings is 1. The highest BCUT2D eigenvalue weighted by molar-refractivity contribution is 7.56. The lowest BCUT2D eigenvalue weighted by Crippen LogP contribution is -3.23. The average molecular weight is 466 g/mol. The van der Waals surface area contributed by atoms with Crippen LogP contribution in [0.4, 0.5) is 27.6 Å². The smallest absolute Gasteiger partial charge is 0.227 e. The highest BCUT2D eigenvalue weighted by Crippen LogP contribution is 2.29. The third-order valence-electron chi connectivity index (χ3n) is 6.18. The largest absolute Gasteiger partial charge is 0.356 e. The van der Waals surface area contributed by atoms with Crippen molar-refractivity contribution < 1.29 is 26.9 Å². The van der Waals surface area contributed by atoms with Crippen LogP contribution in [0.1, 0.15) is 47.0 Å². The SMILES string of the molecule is CC1(C)CCCC(C)(C)[NH+]1c1ccccc1[B-](Cl)(Cl)c1c(F)c(F)c(F)c(F)c1F. The molecule has 1 fully saturated rings. The van der Waals surface area contributed by atoms with Crippen LogP contribution in [-0.2, 0) is 0 Å². The summed E-state index contributed by atoms with van der Waals surface area (Å²) in [4.78, 5) is -2.34. The molecule has 2 aromatic rings. The van der Waals surface area contributed by atoms with E-state index >= 15 is 0 Å². The summed E-state index contributed by atoms with van der Waals surface area (Å²) in [5.74, 6) is -10.4. The second-order valence-corrected chi connectivity index (χ2v) is 10.8. The van der Waals surface area contributed by atoms with Gasteiger partial charge in [-0.05, 0) is 40.2 Å². The van der Waals surface area contributed by atoms with Gasteiger partial charge in [0.1, 0.15) is 11.6 Å². The van der Waals surface area contributed by atoms with Crippen molar-refractivity contribution in [1.82, 2.24) is 0 Å². The van der Waals surface area contributed by atoms with Gasteiger partial charge in [0.25, 0.3) is 0 Å². The Morgan fingerprint density at radius 2 is 1.20 bits per heavy atom. The Morgan fingerprint density at radius 1 is 0.767 bits per heavy atom. The molecule has 1 aliphatic heterocycles. The maximum absolute atomic E-state index is 14.6. The standard InChI is InChI=1S/C21H22BCl2F5N/c1-20(2)10-7-11-21(3,4)30(20)13-9-6-5-8-12(13)22(23,24)14-15(25)17(27)19(29)18(28)16(14)26/h5-6,8-9H,7,10-11H2,1-4H3/q-1/p+1. The van der Waals surface area contributed by atoms with Crippen molar-refractivity contribution in [1.29, 1.82) is 0 Å². The Hall–Kier alpha value is -1.31. The maximum atomic E-state index is 14.6. The van der Waals surface area contributed by atoms with Crippen LogP contribution in [0.25, 0.3) is 0 Å². The Kier molecular flexibility index (Phi) is 5.98. The molecule has 0 radical (unpaired) electrons. The van der Waals surface area contributed by atoms with Gasteiger partial charge >= 0.3 is 0 Å². The topological polar surface area (TPSA) is 4.44 Å². The quantitative estimate of drug-likeness (QED) is 0.290. The second-order valence-electron chi connectivity index (χ2n) is 9.23. The molecule has 0 aromatic heterocycles. The predicted octanol–water partition coefficient (Wildman–Crippen LogP) is 4.67. The molecular formula is C21H23BCl2F5N. The van der Waals surface area contributed by atoms with Crippen molar-refractivity contribution in [2.24, 2.45) is 0 Å². The minimum atomic E-state index is -3.34. The van der Waals surface area contributed by atoms with Gasteiger partial charge in [0.2, 0.25) is 4.98 Å². The third-order valence-corrected chi connectivity index (χ3v) is 7.09. The summed E-state index contributed by atoms with van der Waals surface area (Å²) >= 11 is 13.0. The number of rotatable bonds is 3. The van der Waals surface area contributed by atoms with Crippen molar-refractivity contribution in [3.05, 3.63) is 53.4 Å². The molecule has 0 spiro atoms. The number of nitrogens with one attached hydrogen (secondary N) is 1. The normalized spacial score (nSPS) is 19.2. The minimum Gasteiger partial charge on any atom is -0.356 e. The Labute approximate surface area is 182 Å². The monoisotopic (exact) mass is 465 g/mol. The van der Waals surface area contributed by atoms with Crippen LogP contribution in [0.3, 0.4) is 0 Å². The zero-order chi connectivity index (χ0) is 22.6. The van der Waals surface area contributed by atoms with Crippen molar-refractivity contribution in [3.63, 3.8) is 0 Å². The van der Waals surface area contributed by atoms with Crippen LogP contribution >= 0.6 is 22.9 Å². The van der Waals surface area contributed by atoms with Crippen molar-refractivity contribution in [2.75, 3.05) is 0 Å². The predicted molar refractivity (Wildman–Crippen MR) is 112 cm³/mol. The van der Waals surface area contributed by atoms with Gasteiger partial charge in [-0.2, -0.15) is 0 Å². The molecule has 1 heterocycles. The fourth-order valence-electron chi connectivity index (χ4n) is 5.00. The number of para-hydroxylation sites is 1. The van der Waals surface area contributed by atoms with E-state index < -0.39 is 39.5 Å². The van der Waals surface area contributed by atoms with Crippen molar-refractivity contribution in [2.45, 2.75) is 58.0 Å². The van der Waals surface area contributed by atoms with Gasteiger partial charge in [-0.25, -0.2) is 22.0 Å². The molecule has 0 saturated carbocycles. The molecule has 1 N–H and O–H groups in total. The molecule has 1 saturated heterocycles. The van der Waals surface area contributed by atoms with Crippen LogP contribution in [0.2, 0.25) is 0 Å². The van der Waals surface area contributed by atoms with E-state index in [4.69, 9.17) is 22.9 Å². The van der Waals surface area contributed by atoms with E-state index in [9.17, 15) is 22.0 Å². The molecule has 0 bridgehead atoms. The average Bonchev–Trinajstić information content (AvgIpc) is 2.63. The Morgan fingerprint density at radius 3 is 1.70 bits per heavy atom. The first kappa shape index (κ1) is 23.4. The number of hydrogen-bond acceptors (Lipinski definition) is 0. The van der Waals surface area contributed by atoms with E-state index in [1.807, 2.05) is 0 Å². The number of hydrogen-bond donors (Lipinski definition) is 1. The van der Waals surface area contributed by atoms with E-state index in [1.165, 1.54) is 6.07 Å². The van der Waals surface area contributed by atoms with E-state index in [0.717, 1.165) is 24.2 Å². The zero-order valence-electron chi connectivity index (χ0n) is 17.2. The fourth-order valence-corrected chi connectivity index (χ4v) is 5.77.